The van der Waals surface area contributed by atoms with Crippen LogP contribution in [0.3, 0.4) is 0 Å². The van der Waals surface area contributed by atoms with E-state index in [2.05, 4.69) is 20.6 Å². The molecule has 2 aromatic heterocycles. The van der Waals surface area contributed by atoms with Crippen LogP contribution in [-0.2, 0) is 9.53 Å². The fourth-order valence-corrected chi connectivity index (χ4v) is 4.17. The Balaban J connectivity index is 1.86. The first-order valence-corrected chi connectivity index (χ1v) is 10.5. The molecule has 3 aromatic rings. The summed E-state index contributed by atoms with van der Waals surface area (Å²) < 4.78 is 4.92. The molecule has 0 saturated heterocycles. The van der Waals surface area contributed by atoms with Crippen LogP contribution in [0.4, 0.5) is 5.69 Å². The van der Waals surface area contributed by atoms with Gasteiger partial charge in [0.05, 0.1) is 5.56 Å². The van der Waals surface area contributed by atoms with Crippen LogP contribution >= 0.6 is 11.8 Å². The Hall–Kier alpha value is -3.23. The number of ether oxygens (including phenoxy) is 1. The van der Waals surface area contributed by atoms with E-state index in [0.717, 1.165) is 22.4 Å². The molecule has 0 aliphatic carbocycles. The number of benzene rings is 1. The third-order valence-electron chi connectivity index (χ3n) is 4.30. The van der Waals surface area contributed by atoms with Gasteiger partial charge in [-0.05, 0) is 66.9 Å². The Morgan fingerprint density at radius 2 is 1.77 bits per heavy atom. The third-order valence-corrected chi connectivity index (χ3v) is 5.48. The van der Waals surface area contributed by atoms with Gasteiger partial charge in [0.1, 0.15) is 17.0 Å². The number of aromatic nitrogens is 2. The van der Waals surface area contributed by atoms with E-state index in [9.17, 15) is 9.59 Å². The van der Waals surface area contributed by atoms with Crippen LogP contribution in [0.1, 0.15) is 32.4 Å². The highest BCUT2D eigenvalue weighted by Crippen LogP contribution is 2.34. The van der Waals surface area contributed by atoms with E-state index in [-0.39, 0.29) is 18.4 Å². The molecule has 0 aliphatic heterocycles. The smallest absolute Gasteiger partial charge is 0.258 e. The molecule has 1 unspecified atom stereocenters. The van der Waals surface area contributed by atoms with E-state index < -0.39 is 5.37 Å². The average Bonchev–Trinajstić information content (AvgIpc) is 2.73. The number of hydrogen-bond donors (Lipinski definition) is 2. The SMILES string of the molecule is COCC(=O)NC(Sc1ncccc1C(=O)Nc1cc(C)cc(C)c1)c1ccncc1. The van der Waals surface area contributed by atoms with Crippen molar-refractivity contribution in [1.29, 1.82) is 0 Å². The fraction of sp³-hybridized carbons (Fsp3) is 0.217. The number of carbonyl (C=O) groups excluding carboxylic acids is 2. The van der Waals surface area contributed by atoms with Gasteiger partial charge in [-0.3, -0.25) is 14.6 Å². The average molecular weight is 437 g/mol. The molecule has 0 spiro atoms. The van der Waals surface area contributed by atoms with E-state index in [1.54, 1.807) is 30.7 Å². The maximum absolute atomic E-state index is 13.0. The second kappa shape index (κ2) is 10.7. The summed E-state index contributed by atoms with van der Waals surface area (Å²) in [4.78, 5) is 33.6. The Labute approximate surface area is 185 Å². The molecule has 3 rings (SSSR count). The molecule has 2 N–H and O–H groups in total. The highest BCUT2D eigenvalue weighted by molar-refractivity contribution is 7.99. The first-order chi connectivity index (χ1) is 15.0. The van der Waals surface area contributed by atoms with Crippen LogP contribution in [0.2, 0.25) is 0 Å². The summed E-state index contributed by atoms with van der Waals surface area (Å²) in [6, 6.07) is 12.9. The van der Waals surface area contributed by atoms with Gasteiger partial charge in [0.25, 0.3) is 5.91 Å². The van der Waals surface area contributed by atoms with Crippen LogP contribution in [0.15, 0.2) is 66.1 Å². The van der Waals surface area contributed by atoms with E-state index in [1.165, 1.54) is 18.9 Å². The van der Waals surface area contributed by atoms with E-state index in [1.807, 2.05) is 44.2 Å². The Morgan fingerprint density at radius 1 is 1.06 bits per heavy atom. The topological polar surface area (TPSA) is 93.2 Å². The lowest BCUT2D eigenvalue weighted by molar-refractivity contribution is -0.124. The number of nitrogens with zero attached hydrogens (tertiary/aromatic N) is 2. The van der Waals surface area contributed by atoms with Gasteiger partial charge in [-0.1, -0.05) is 17.8 Å². The molecule has 0 radical (unpaired) electrons. The second-order valence-electron chi connectivity index (χ2n) is 6.97. The second-order valence-corrected chi connectivity index (χ2v) is 8.06. The number of anilines is 1. The zero-order chi connectivity index (χ0) is 22.2. The van der Waals surface area contributed by atoms with Gasteiger partial charge in [-0.15, -0.1) is 0 Å². The highest BCUT2D eigenvalue weighted by atomic mass is 32.2. The van der Waals surface area contributed by atoms with Gasteiger partial charge in [-0.2, -0.15) is 0 Å². The van der Waals surface area contributed by atoms with Gasteiger partial charge in [0.2, 0.25) is 5.91 Å². The van der Waals surface area contributed by atoms with Gasteiger partial charge >= 0.3 is 0 Å². The summed E-state index contributed by atoms with van der Waals surface area (Å²) in [5.74, 6) is -0.536. The van der Waals surface area contributed by atoms with Crippen molar-refractivity contribution in [2.45, 2.75) is 24.2 Å². The molecule has 7 nitrogen and oxygen atoms in total. The van der Waals surface area contributed by atoms with E-state index in [4.69, 9.17) is 4.74 Å². The molecular weight excluding hydrogens is 412 g/mol. The van der Waals surface area contributed by atoms with Crippen molar-refractivity contribution in [1.82, 2.24) is 15.3 Å². The van der Waals surface area contributed by atoms with Crippen LogP contribution in [0.5, 0.6) is 0 Å². The maximum atomic E-state index is 13.0. The molecule has 1 atom stereocenters. The number of methoxy groups -OCH3 is 1. The largest absolute Gasteiger partial charge is 0.375 e. The lowest BCUT2D eigenvalue weighted by Gasteiger charge is -2.19. The summed E-state index contributed by atoms with van der Waals surface area (Å²) in [5, 5.41) is 5.90. The van der Waals surface area contributed by atoms with Crippen molar-refractivity contribution in [3.63, 3.8) is 0 Å². The zero-order valence-corrected chi connectivity index (χ0v) is 18.4. The zero-order valence-electron chi connectivity index (χ0n) is 17.6. The quantitative estimate of drug-likeness (QED) is 0.411. The number of nitrogens with one attached hydrogen (secondary N) is 2. The summed E-state index contributed by atoms with van der Waals surface area (Å²) in [6.07, 6.45) is 4.92. The first-order valence-electron chi connectivity index (χ1n) is 9.66. The van der Waals surface area contributed by atoms with Crippen molar-refractivity contribution >= 4 is 29.3 Å². The van der Waals surface area contributed by atoms with Crippen molar-refractivity contribution in [2.75, 3.05) is 19.0 Å². The minimum absolute atomic E-state index is 0.0651. The van der Waals surface area contributed by atoms with Crippen LogP contribution in [0.25, 0.3) is 0 Å². The monoisotopic (exact) mass is 436 g/mol. The molecular formula is C23H24N4O3S. The van der Waals surface area contributed by atoms with E-state index >= 15 is 0 Å². The minimum Gasteiger partial charge on any atom is -0.375 e. The Kier molecular flexibility index (Phi) is 7.75. The maximum Gasteiger partial charge on any atom is 0.258 e. The number of amides is 2. The van der Waals surface area contributed by atoms with Crippen molar-refractivity contribution in [3.8, 4) is 0 Å². The molecule has 0 fully saturated rings. The lowest BCUT2D eigenvalue weighted by Crippen LogP contribution is -2.30. The van der Waals surface area contributed by atoms with Crippen LogP contribution < -0.4 is 10.6 Å². The molecule has 2 amide bonds. The van der Waals surface area contributed by atoms with Gasteiger partial charge in [0, 0.05) is 31.4 Å². The molecule has 0 aliphatic rings. The van der Waals surface area contributed by atoms with Crippen molar-refractivity contribution in [2.24, 2.45) is 0 Å². The Bertz CT molecular complexity index is 1040. The molecule has 31 heavy (non-hydrogen) atoms. The molecule has 1 aromatic carbocycles. The third kappa shape index (κ3) is 6.37. The Morgan fingerprint density at radius 3 is 2.45 bits per heavy atom. The summed E-state index contributed by atoms with van der Waals surface area (Å²) in [6.45, 7) is 3.90. The van der Waals surface area contributed by atoms with Crippen molar-refractivity contribution in [3.05, 3.63) is 83.3 Å². The number of carbonyl (C=O) groups is 2. The molecule has 8 heteroatoms. The van der Waals surface area contributed by atoms with E-state index in [0.29, 0.717) is 10.6 Å². The van der Waals surface area contributed by atoms with Crippen LogP contribution in [-0.4, -0.2) is 35.5 Å². The molecule has 160 valence electrons. The van der Waals surface area contributed by atoms with Gasteiger partial charge in [-0.25, -0.2) is 4.98 Å². The predicted octanol–water partition coefficient (Wildman–Crippen LogP) is 3.90. The standard InChI is InChI=1S/C23H24N4O3S/c1-15-11-16(2)13-18(12-15)26-21(29)19-5-4-8-25-23(19)31-22(27-20(28)14-30-3)17-6-9-24-10-7-17/h4-13,22H,14H2,1-3H3,(H,26,29)(H,27,28). The van der Waals surface area contributed by atoms with Gasteiger partial charge in [0.15, 0.2) is 0 Å². The van der Waals surface area contributed by atoms with Crippen molar-refractivity contribution < 1.29 is 14.3 Å². The minimum atomic E-state index is -0.465. The van der Waals surface area contributed by atoms with Crippen LogP contribution in [0, 0.1) is 13.8 Å². The van der Waals surface area contributed by atoms with Gasteiger partial charge < -0.3 is 15.4 Å². The summed E-state index contributed by atoms with van der Waals surface area (Å²) in [5.41, 5.74) is 4.10. The fourth-order valence-electron chi connectivity index (χ4n) is 3.05. The molecule has 2 heterocycles. The number of pyridine rings is 2. The molecule has 0 bridgehead atoms. The number of rotatable bonds is 8. The summed E-state index contributed by atoms with van der Waals surface area (Å²) in [7, 11) is 1.46. The number of aryl methyl sites for hydroxylation is 2. The summed E-state index contributed by atoms with van der Waals surface area (Å²) >= 11 is 1.28. The number of thioether (sulfide) groups is 1. The number of hydrogen-bond acceptors (Lipinski definition) is 6. The molecule has 0 saturated carbocycles. The predicted molar refractivity (Wildman–Crippen MR) is 121 cm³/mol. The first kappa shape index (κ1) is 22.5. The lowest BCUT2D eigenvalue weighted by atomic mass is 10.1. The highest BCUT2D eigenvalue weighted by Gasteiger charge is 2.21. The normalized spacial score (nSPS) is 11.6.